The van der Waals surface area contributed by atoms with E-state index in [1.165, 1.54) is 109 Å². The Labute approximate surface area is 289 Å². The number of hydrogen-bond acceptors (Lipinski definition) is 8. The van der Waals surface area contributed by atoms with Crippen LogP contribution in [0.4, 0.5) is 5.69 Å². The van der Waals surface area contributed by atoms with Crippen LogP contribution < -0.4 is 19.6 Å². The highest BCUT2D eigenvalue weighted by Gasteiger charge is 2.17. The molecule has 0 aliphatic carbocycles. The number of sulfonamides is 1. The zero-order chi connectivity index (χ0) is 34.3. The van der Waals surface area contributed by atoms with Gasteiger partial charge in [0.1, 0.15) is 11.5 Å². The van der Waals surface area contributed by atoms with Crippen molar-refractivity contribution in [3.63, 3.8) is 0 Å². The Kier molecular flexibility index (Phi) is 10.8. The number of halogens is 3. The number of carbonyl (C=O) groups is 3. The van der Waals surface area contributed by atoms with Gasteiger partial charge in [0.25, 0.3) is 15.9 Å². The van der Waals surface area contributed by atoms with Gasteiger partial charge in [-0.1, -0.05) is 34.8 Å². The summed E-state index contributed by atoms with van der Waals surface area (Å²) in [5, 5.41) is 5.25. The van der Waals surface area contributed by atoms with Crippen LogP contribution in [0.1, 0.15) is 36.6 Å². The average molecular weight is 723 g/mol. The standard InChI is InChI=1S/C34H22Cl3N3O7S/c35-25-8-1-22(2-9-25)33(42)46-29-16-7-24(31(19-29)47-34(43)23-3-10-26(36)11-4-23)20-38-39-32(41)21-5-14-28(15-6-21)40-48(44,45)30-17-12-27(37)13-18-30/h1-20,40H,(H,39,41). The second kappa shape index (κ2) is 15.1. The third-order valence-corrected chi connectivity index (χ3v) is 8.60. The summed E-state index contributed by atoms with van der Waals surface area (Å²) in [7, 11) is -3.87. The summed E-state index contributed by atoms with van der Waals surface area (Å²) in [5.74, 6) is -1.95. The van der Waals surface area contributed by atoms with Crippen molar-refractivity contribution in [1.29, 1.82) is 0 Å². The van der Waals surface area contributed by atoms with Crippen molar-refractivity contribution < 1.29 is 32.3 Å². The second-order valence-corrected chi connectivity index (χ2v) is 12.8. The highest BCUT2D eigenvalue weighted by atomic mass is 35.5. The van der Waals surface area contributed by atoms with Gasteiger partial charge in [-0.3, -0.25) is 9.52 Å². The van der Waals surface area contributed by atoms with Gasteiger partial charge in [-0.25, -0.2) is 23.4 Å². The Balaban J connectivity index is 1.29. The molecule has 0 saturated heterocycles. The number of amides is 1. The molecular weight excluding hydrogens is 701 g/mol. The molecule has 0 aliphatic heterocycles. The lowest BCUT2D eigenvalue weighted by Gasteiger charge is -2.11. The van der Waals surface area contributed by atoms with E-state index in [0.29, 0.717) is 15.1 Å². The lowest BCUT2D eigenvalue weighted by molar-refractivity contribution is 0.0731. The van der Waals surface area contributed by atoms with E-state index in [1.807, 2.05) is 0 Å². The van der Waals surface area contributed by atoms with Crippen molar-refractivity contribution in [2.24, 2.45) is 5.10 Å². The molecule has 10 nitrogen and oxygen atoms in total. The van der Waals surface area contributed by atoms with Crippen LogP contribution in [0.25, 0.3) is 0 Å². The highest BCUT2D eigenvalue weighted by molar-refractivity contribution is 7.92. The molecule has 0 radical (unpaired) electrons. The van der Waals surface area contributed by atoms with E-state index in [1.54, 1.807) is 12.1 Å². The van der Waals surface area contributed by atoms with Crippen LogP contribution in [0.3, 0.4) is 0 Å². The van der Waals surface area contributed by atoms with Crippen molar-refractivity contribution >= 4 is 74.6 Å². The van der Waals surface area contributed by atoms with Gasteiger partial charge in [-0.05, 0) is 109 Å². The SMILES string of the molecule is O=C(NN=Cc1ccc(OC(=O)c2ccc(Cl)cc2)cc1OC(=O)c1ccc(Cl)cc1)c1ccc(NS(=O)(=O)c2ccc(Cl)cc2)cc1. The van der Waals surface area contributed by atoms with Gasteiger partial charge < -0.3 is 9.47 Å². The first-order valence-corrected chi connectivity index (χ1v) is 16.4. The predicted molar refractivity (Wildman–Crippen MR) is 183 cm³/mol. The Morgan fingerprint density at radius 1 is 0.625 bits per heavy atom. The maximum absolute atomic E-state index is 12.9. The van der Waals surface area contributed by atoms with E-state index in [-0.39, 0.29) is 44.3 Å². The second-order valence-electron chi connectivity index (χ2n) is 9.83. The molecule has 0 unspecified atom stereocenters. The van der Waals surface area contributed by atoms with E-state index in [4.69, 9.17) is 44.3 Å². The number of rotatable bonds is 10. The molecule has 0 fully saturated rings. The van der Waals surface area contributed by atoms with Gasteiger partial charge >= 0.3 is 11.9 Å². The van der Waals surface area contributed by atoms with Crippen LogP contribution in [-0.2, 0) is 10.0 Å². The number of benzene rings is 5. The number of carbonyl (C=O) groups excluding carboxylic acids is 3. The third-order valence-electron chi connectivity index (χ3n) is 6.45. The lowest BCUT2D eigenvalue weighted by atomic mass is 10.2. The van der Waals surface area contributed by atoms with Gasteiger partial charge in [-0.15, -0.1) is 0 Å². The number of nitrogens with zero attached hydrogens (tertiary/aromatic N) is 1. The van der Waals surface area contributed by atoms with Crippen molar-refractivity contribution in [2.45, 2.75) is 4.90 Å². The van der Waals surface area contributed by atoms with Crippen molar-refractivity contribution in [3.8, 4) is 11.5 Å². The maximum atomic E-state index is 12.9. The van der Waals surface area contributed by atoms with Crippen LogP contribution in [0, 0.1) is 0 Å². The summed E-state index contributed by atoms with van der Waals surface area (Å²) in [6.07, 6.45) is 1.24. The molecule has 0 heterocycles. The number of esters is 2. The molecule has 5 aromatic carbocycles. The van der Waals surface area contributed by atoms with Crippen LogP contribution >= 0.6 is 34.8 Å². The van der Waals surface area contributed by atoms with Crippen LogP contribution in [-0.4, -0.2) is 32.5 Å². The highest BCUT2D eigenvalue weighted by Crippen LogP contribution is 2.26. The Bertz CT molecular complexity index is 2110. The van der Waals surface area contributed by atoms with Crippen LogP contribution in [0.15, 0.2) is 125 Å². The molecule has 48 heavy (non-hydrogen) atoms. The van der Waals surface area contributed by atoms with E-state index in [0.717, 1.165) is 0 Å². The molecule has 14 heteroatoms. The van der Waals surface area contributed by atoms with Crippen molar-refractivity contribution in [3.05, 3.63) is 153 Å². The predicted octanol–water partition coefficient (Wildman–Crippen LogP) is 7.65. The summed E-state index contributed by atoms with van der Waals surface area (Å²) in [5.41, 5.74) is 3.49. The average Bonchev–Trinajstić information content (AvgIpc) is 3.06. The van der Waals surface area contributed by atoms with Crippen molar-refractivity contribution in [2.75, 3.05) is 4.72 Å². The summed E-state index contributed by atoms with van der Waals surface area (Å²) in [6, 6.07) is 27.7. The quantitative estimate of drug-likeness (QED) is 0.0653. The normalized spacial score (nSPS) is 11.1. The largest absolute Gasteiger partial charge is 0.423 e. The molecule has 0 aromatic heterocycles. The number of ether oxygens (including phenoxy) is 2. The zero-order valence-corrected chi connectivity index (χ0v) is 27.5. The lowest BCUT2D eigenvalue weighted by Crippen LogP contribution is -2.18. The van der Waals surface area contributed by atoms with Gasteiger partial charge in [0.15, 0.2) is 0 Å². The first-order valence-electron chi connectivity index (χ1n) is 13.8. The molecule has 0 atom stereocenters. The van der Waals surface area contributed by atoms with E-state index >= 15 is 0 Å². The molecule has 0 bridgehead atoms. The van der Waals surface area contributed by atoms with E-state index in [2.05, 4.69) is 15.2 Å². The molecular formula is C34H22Cl3N3O7S. The van der Waals surface area contributed by atoms with Crippen LogP contribution in [0.2, 0.25) is 15.1 Å². The molecule has 0 aliphatic rings. The Morgan fingerprint density at radius 2 is 1.12 bits per heavy atom. The van der Waals surface area contributed by atoms with E-state index in [9.17, 15) is 22.8 Å². The van der Waals surface area contributed by atoms with Crippen LogP contribution in [0.5, 0.6) is 11.5 Å². The minimum absolute atomic E-state index is 0.0216. The van der Waals surface area contributed by atoms with Gasteiger partial charge in [0, 0.05) is 37.9 Å². The van der Waals surface area contributed by atoms with Crippen molar-refractivity contribution in [1.82, 2.24) is 5.43 Å². The zero-order valence-electron chi connectivity index (χ0n) is 24.4. The fraction of sp³-hybridized carbons (Fsp3) is 0. The number of hydrazone groups is 1. The molecule has 0 saturated carbocycles. The molecule has 2 N–H and O–H groups in total. The van der Waals surface area contributed by atoms with E-state index < -0.39 is 27.9 Å². The fourth-order valence-corrected chi connectivity index (χ4v) is 5.45. The summed E-state index contributed by atoms with van der Waals surface area (Å²) < 4.78 is 38.7. The smallest absolute Gasteiger partial charge is 0.343 e. The third kappa shape index (κ3) is 8.99. The van der Waals surface area contributed by atoms with Gasteiger partial charge in [0.05, 0.1) is 22.2 Å². The fourth-order valence-electron chi connectivity index (χ4n) is 4.01. The molecule has 0 spiro atoms. The first kappa shape index (κ1) is 34.1. The molecule has 5 aromatic rings. The topological polar surface area (TPSA) is 140 Å². The van der Waals surface area contributed by atoms with Gasteiger partial charge in [0.2, 0.25) is 0 Å². The number of hydrogen-bond donors (Lipinski definition) is 2. The minimum atomic E-state index is -3.87. The maximum Gasteiger partial charge on any atom is 0.343 e. The summed E-state index contributed by atoms with van der Waals surface area (Å²) in [6.45, 7) is 0. The monoisotopic (exact) mass is 721 g/mol. The number of nitrogens with one attached hydrogen (secondary N) is 2. The minimum Gasteiger partial charge on any atom is -0.423 e. The molecule has 5 rings (SSSR count). The first-order chi connectivity index (χ1) is 23.0. The Hall–Kier alpha value is -5.20. The molecule has 242 valence electrons. The number of anilines is 1. The van der Waals surface area contributed by atoms with Gasteiger partial charge in [-0.2, -0.15) is 5.10 Å². The Morgan fingerprint density at radius 3 is 1.69 bits per heavy atom. The molecule has 1 amide bonds. The summed E-state index contributed by atoms with van der Waals surface area (Å²) in [4.78, 5) is 38.3. The summed E-state index contributed by atoms with van der Waals surface area (Å²) >= 11 is 17.7.